The van der Waals surface area contributed by atoms with Gasteiger partial charge in [0.25, 0.3) is 5.91 Å². The van der Waals surface area contributed by atoms with Crippen molar-refractivity contribution in [2.75, 3.05) is 6.54 Å². The number of nitrogens with two attached hydrogens (primary N) is 1. The number of carboxylic acids is 1. The molecule has 0 saturated heterocycles. The average molecular weight is 265 g/mol. The molecule has 1 amide bonds. The fraction of sp³-hybridized carbons (Fsp3) is 0.455. The third-order valence-electron chi connectivity index (χ3n) is 2.85. The Kier molecular flexibility index (Phi) is 3.91. The van der Waals surface area contributed by atoms with Gasteiger partial charge in [-0.3, -0.25) is 14.3 Å². The van der Waals surface area contributed by atoms with Gasteiger partial charge in [0, 0.05) is 12.6 Å². The summed E-state index contributed by atoms with van der Waals surface area (Å²) >= 11 is 0. The second-order valence-electron chi connectivity index (χ2n) is 4.30. The Morgan fingerprint density at radius 2 is 2.32 bits per heavy atom. The van der Waals surface area contributed by atoms with Crippen molar-refractivity contribution in [3.05, 3.63) is 24.0 Å². The molecule has 8 nitrogen and oxygen atoms in total. The quantitative estimate of drug-likeness (QED) is 0.586. The molecule has 1 heterocycles. The zero-order valence-electron chi connectivity index (χ0n) is 10.2. The highest BCUT2D eigenvalue weighted by atomic mass is 16.4. The highest BCUT2D eigenvalue weighted by molar-refractivity contribution is 5.92. The van der Waals surface area contributed by atoms with Gasteiger partial charge in [0.15, 0.2) is 5.69 Å². The van der Waals surface area contributed by atoms with Crippen LogP contribution in [-0.2, 0) is 11.3 Å². The fourth-order valence-corrected chi connectivity index (χ4v) is 1.88. The van der Waals surface area contributed by atoms with E-state index in [1.54, 1.807) is 12.2 Å². The fourth-order valence-electron chi connectivity index (χ4n) is 1.88. The molecule has 19 heavy (non-hydrogen) atoms. The van der Waals surface area contributed by atoms with Crippen LogP contribution >= 0.6 is 0 Å². The molecule has 0 saturated carbocycles. The molecule has 0 aromatic carbocycles. The van der Waals surface area contributed by atoms with Crippen LogP contribution in [-0.4, -0.2) is 44.6 Å². The predicted octanol–water partition coefficient (Wildman–Crippen LogP) is -1.00. The van der Waals surface area contributed by atoms with Crippen LogP contribution in [0.15, 0.2) is 18.3 Å². The molecule has 102 valence electrons. The molecule has 4 N–H and O–H groups in total. The van der Waals surface area contributed by atoms with Crippen molar-refractivity contribution < 1.29 is 14.7 Å². The van der Waals surface area contributed by atoms with Gasteiger partial charge in [-0.15, -0.1) is 5.10 Å². The summed E-state index contributed by atoms with van der Waals surface area (Å²) in [5.74, 6) is -1.80. The molecule has 0 fully saturated rings. The number of aromatic nitrogens is 3. The van der Waals surface area contributed by atoms with E-state index in [9.17, 15) is 9.59 Å². The van der Waals surface area contributed by atoms with E-state index in [2.05, 4.69) is 15.6 Å². The second-order valence-corrected chi connectivity index (χ2v) is 4.30. The maximum atomic E-state index is 11.9. The summed E-state index contributed by atoms with van der Waals surface area (Å²) in [6.07, 6.45) is 5.13. The van der Waals surface area contributed by atoms with Crippen LogP contribution in [0.4, 0.5) is 0 Å². The molecule has 2 unspecified atom stereocenters. The Labute approximate surface area is 109 Å². The molecule has 1 aromatic rings. The van der Waals surface area contributed by atoms with Gasteiger partial charge in [0.05, 0.1) is 18.7 Å². The molecule has 8 heteroatoms. The van der Waals surface area contributed by atoms with E-state index in [1.807, 2.05) is 0 Å². The molecule has 0 aliphatic heterocycles. The molecule has 1 aromatic heterocycles. The van der Waals surface area contributed by atoms with E-state index in [0.717, 1.165) is 0 Å². The van der Waals surface area contributed by atoms with Crippen molar-refractivity contribution in [2.45, 2.75) is 19.0 Å². The highest BCUT2D eigenvalue weighted by Gasteiger charge is 2.26. The van der Waals surface area contributed by atoms with Crippen LogP contribution < -0.4 is 11.1 Å². The van der Waals surface area contributed by atoms with Crippen molar-refractivity contribution in [1.82, 2.24) is 20.3 Å². The van der Waals surface area contributed by atoms with Gasteiger partial charge in [-0.2, -0.15) is 0 Å². The van der Waals surface area contributed by atoms with Crippen LogP contribution in [0.25, 0.3) is 0 Å². The monoisotopic (exact) mass is 265 g/mol. The molecule has 1 aliphatic rings. The SMILES string of the molecule is NCCn1cc(C(=O)NC2C=CC(C(=O)O)C2)nn1. The average Bonchev–Trinajstić information content (AvgIpc) is 2.98. The Hall–Kier alpha value is -2.22. The largest absolute Gasteiger partial charge is 0.481 e. The van der Waals surface area contributed by atoms with Crippen molar-refractivity contribution >= 4 is 11.9 Å². The number of nitrogens with zero attached hydrogens (tertiary/aromatic N) is 3. The van der Waals surface area contributed by atoms with E-state index in [1.165, 1.54) is 10.9 Å². The minimum atomic E-state index is -0.887. The van der Waals surface area contributed by atoms with Crippen LogP contribution in [0, 0.1) is 5.92 Å². The Balaban J connectivity index is 1.91. The summed E-state index contributed by atoms with van der Waals surface area (Å²) in [6.45, 7) is 0.904. The summed E-state index contributed by atoms with van der Waals surface area (Å²) in [6, 6.07) is -0.284. The Morgan fingerprint density at radius 1 is 1.53 bits per heavy atom. The van der Waals surface area contributed by atoms with E-state index in [0.29, 0.717) is 19.5 Å². The lowest BCUT2D eigenvalue weighted by Crippen LogP contribution is -2.33. The molecule has 0 spiro atoms. The molecule has 2 rings (SSSR count). The summed E-state index contributed by atoms with van der Waals surface area (Å²) in [5.41, 5.74) is 5.56. The third-order valence-corrected chi connectivity index (χ3v) is 2.85. The third kappa shape index (κ3) is 3.16. The molecule has 0 radical (unpaired) electrons. The first-order valence-electron chi connectivity index (χ1n) is 5.92. The van der Waals surface area contributed by atoms with Gasteiger partial charge in [0.1, 0.15) is 0 Å². The number of carbonyl (C=O) groups excluding carboxylic acids is 1. The molecular formula is C11H15N5O3. The predicted molar refractivity (Wildman–Crippen MR) is 65.2 cm³/mol. The first-order chi connectivity index (χ1) is 9.10. The zero-order chi connectivity index (χ0) is 13.8. The lowest BCUT2D eigenvalue weighted by molar-refractivity contribution is -0.140. The van der Waals surface area contributed by atoms with Crippen LogP contribution in [0.3, 0.4) is 0 Å². The van der Waals surface area contributed by atoms with Gasteiger partial charge in [-0.1, -0.05) is 17.4 Å². The lowest BCUT2D eigenvalue weighted by atomic mass is 10.1. The van der Waals surface area contributed by atoms with E-state index in [-0.39, 0.29) is 17.6 Å². The summed E-state index contributed by atoms with van der Waals surface area (Å²) < 4.78 is 1.49. The molecular weight excluding hydrogens is 250 g/mol. The first-order valence-corrected chi connectivity index (χ1v) is 5.92. The van der Waals surface area contributed by atoms with Gasteiger partial charge < -0.3 is 16.2 Å². The number of hydrogen-bond donors (Lipinski definition) is 3. The normalized spacial score (nSPS) is 21.5. The van der Waals surface area contributed by atoms with Gasteiger partial charge in [-0.05, 0) is 6.42 Å². The minimum Gasteiger partial charge on any atom is -0.481 e. The number of amides is 1. The minimum absolute atomic E-state index is 0.195. The zero-order valence-corrected chi connectivity index (χ0v) is 10.2. The number of aliphatic carboxylic acids is 1. The molecule has 2 atom stereocenters. The first kappa shape index (κ1) is 13.2. The van der Waals surface area contributed by atoms with E-state index in [4.69, 9.17) is 10.8 Å². The Morgan fingerprint density at radius 3 is 2.95 bits per heavy atom. The van der Waals surface area contributed by atoms with Gasteiger partial charge in [-0.25, -0.2) is 0 Å². The van der Waals surface area contributed by atoms with Crippen molar-refractivity contribution in [1.29, 1.82) is 0 Å². The van der Waals surface area contributed by atoms with Crippen LogP contribution in [0.1, 0.15) is 16.9 Å². The van der Waals surface area contributed by atoms with Gasteiger partial charge in [0.2, 0.25) is 0 Å². The molecule has 0 bridgehead atoms. The van der Waals surface area contributed by atoms with Crippen LogP contribution in [0.5, 0.6) is 0 Å². The maximum absolute atomic E-state index is 11.9. The number of nitrogens with one attached hydrogen (secondary N) is 1. The number of carbonyl (C=O) groups is 2. The van der Waals surface area contributed by atoms with E-state index < -0.39 is 11.9 Å². The van der Waals surface area contributed by atoms with Crippen molar-refractivity contribution in [3.63, 3.8) is 0 Å². The van der Waals surface area contributed by atoms with Crippen LogP contribution in [0.2, 0.25) is 0 Å². The smallest absolute Gasteiger partial charge is 0.310 e. The van der Waals surface area contributed by atoms with Crippen molar-refractivity contribution in [2.24, 2.45) is 11.7 Å². The summed E-state index contributed by atoms with van der Waals surface area (Å²) in [5, 5.41) is 19.0. The van der Waals surface area contributed by atoms with Gasteiger partial charge >= 0.3 is 5.97 Å². The topological polar surface area (TPSA) is 123 Å². The molecule has 1 aliphatic carbocycles. The number of rotatable bonds is 5. The van der Waals surface area contributed by atoms with Crippen molar-refractivity contribution in [3.8, 4) is 0 Å². The number of carboxylic acid groups (broad SMARTS) is 1. The summed E-state index contributed by atoms with van der Waals surface area (Å²) in [7, 11) is 0. The van der Waals surface area contributed by atoms with E-state index >= 15 is 0 Å². The maximum Gasteiger partial charge on any atom is 0.310 e. The Bertz CT molecular complexity index is 510. The highest BCUT2D eigenvalue weighted by Crippen LogP contribution is 2.18. The summed E-state index contributed by atoms with van der Waals surface area (Å²) in [4.78, 5) is 22.6. The lowest BCUT2D eigenvalue weighted by Gasteiger charge is -2.10. The standard InChI is InChI=1S/C11H15N5O3/c12-3-4-16-6-9(14-15-16)10(17)13-8-2-1-7(5-8)11(18)19/h1-2,6-8H,3-5,12H2,(H,13,17)(H,18,19). The second kappa shape index (κ2) is 5.61. The number of hydrogen-bond acceptors (Lipinski definition) is 5.